The molecule has 0 unspecified atom stereocenters. The Bertz CT molecular complexity index is 424. The first-order valence-electron chi connectivity index (χ1n) is 5.61. The number of anilines is 2. The fourth-order valence-electron chi connectivity index (χ4n) is 1.57. The average Bonchev–Trinajstić information content (AvgIpc) is 2.28. The molecule has 0 saturated carbocycles. The van der Waals surface area contributed by atoms with Crippen LogP contribution < -0.4 is 10.6 Å². The van der Waals surface area contributed by atoms with Gasteiger partial charge in [0, 0.05) is 19.2 Å². The molecule has 0 bridgehead atoms. The number of aromatic nitrogens is 2. The van der Waals surface area contributed by atoms with Crippen molar-refractivity contribution in [2.45, 2.75) is 26.3 Å². The molecule has 0 atom stereocenters. The Morgan fingerprint density at radius 2 is 2.28 bits per heavy atom. The summed E-state index contributed by atoms with van der Waals surface area (Å²) in [5.74, 6) is 0.182. The maximum Gasteiger partial charge on any atom is 0.329 e. The van der Waals surface area contributed by atoms with E-state index in [1.807, 2.05) is 13.8 Å². The number of rotatable bonds is 6. The molecule has 8 heteroatoms. The van der Waals surface area contributed by atoms with Gasteiger partial charge in [-0.25, -0.2) is 4.98 Å². The highest BCUT2D eigenvalue weighted by Gasteiger charge is 2.23. The molecule has 3 N–H and O–H groups in total. The Morgan fingerprint density at radius 1 is 1.61 bits per heavy atom. The van der Waals surface area contributed by atoms with Crippen molar-refractivity contribution in [2.24, 2.45) is 0 Å². The summed E-state index contributed by atoms with van der Waals surface area (Å²) in [4.78, 5) is 19.7. The molecule has 0 saturated heterocycles. The molecule has 0 aromatic carbocycles. The summed E-state index contributed by atoms with van der Waals surface area (Å²) in [5.41, 5.74) is 5.29. The first kappa shape index (κ1) is 14.1. The van der Waals surface area contributed by atoms with Gasteiger partial charge in [0.05, 0.1) is 4.92 Å². The van der Waals surface area contributed by atoms with Gasteiger partial charge in [0.25, 0.3) is 0 Å². The largest absolute Gasteiger partial charge is 0.396 e. The smallest absolute Gasteiger partial charge is 0.329 e. The number of nitrogens with zero attached hydrogens (tertiary/aromatic N) is 4. The Labute approximate surface area is 105 Å². The molecular formula is C10H17N5O3. The minimum atomic E-state index is -0.539. The van der Waals surface area contributed by atoms with E-state index in [-0.39, 0.29) is 30.1 Å². The Balaban J connectivity index is 3.16. The lowest BCUT2D eigenvalue weighted by atomic mass is 10.2. The minimum absolute atomic E-state index is 0.00421. The zero-order valence-corrected chi connectivity index (χ0v) is 10.4. The normalized spacial score (nSPS) is 10.7. The lowest BCUT2D eigenvalue weighted by molar-refractivity contribution is -0.384. The first-order valence-corrected chi connectivity index (χ1v) is 5.61. The fourth-order valence-corrected chi connectivity index (χ4v) is 1.57. The van der Waals surface area contributed by atoms with Crippen LogP contribution in [0.4, 0.5) is 17.5 Å². The Kier molecular flexibility index (Phi) is 4.78. The van der Waals surface area contributed by atoms with Crippen molar-refractivity contribution >= 4 is 17.5 Å². The minimum Gasteiger partial charge on any atom is -0.396 e. The van der Waals surface area contributed by atoms with Crippen molar-refractivity contribution in [1.82, 2.24) is 9.97 Å². The van der Waals surface area contributed by atoms with Gasteiger partial charge in [-0.2, -0.15) is 4.98 Å². The van der Waals surface area contributed by atoms with E-state index in [1.165, 1.54) is 0 Å². The van der Waals surface area contributed by atoms with Crippen LogP contribution >= 0.6 is 0 Å². The molecule has 100 valence electrons. The molecule has 1 heterocycles. The van der Waals surface area contributed by atoms with Crippen LogP contribution in [0.25, 0.3) is 0 Å². The third-order valence-electron chi connectivity index (χ3n) is 2.42. The predicted molar refractivity (Wildman–Crippen MR) is 67.3 cm³/mol. The zero-order valence-electron chi connectivity index (χ0n) is 10.4. The van der Waals surface area contributed by atoms with Crippen molar-refractivity contribution in [3.8, 4) is 0 Å². The summed E-state index contributed by atoms with van der Waals surface area (Å²) in [7, 11) is 0. The lowest BCUT2D eigenvalue weighted by Crippen LogP contribution is -2.33. The van der Waals surface area contributed by atoms with E-state index in [1.54, 1.807) is 4.90 Å². The predicted octanol–water partition coefficient (Wildman–Crippen LogP) is 0.564. The molecular weight excluding hydrogens is 238 g/mol. The second-order valence-electron chi connectivity index (χ2n) is 4.06. The van der Waals surface area contributed by atoms with E-state index in [0.717, 1.165) is 6.20 Å². The molecule has 1 aromatic heterocycles. The quantitative estimate of drug-likeness (QED) is 0.563. The number of aliphatic hydroxyl groups excluding tert-OH is 1. The van der Waals surface area contributed by atoms with Crippen molar-refractivity contribution in [2.75, 3.05) is 23.8 Å². The number of nitrogens with two attached hydrogens (primary N) is 1. The van der Waals surface area contributed by atoms with Gasteiger partial charge >= 0.3 is 5.69 Å². The van der Waals surface area contributed by atoms with E-state index in [4.69, 9.17) is 10.8 Å². The van der Waals surface area contributed by atoms with Crippen LogP contribution in [0.15, 0.2) is 6.20 Å². The Hall–Kier alpha value is -1.96. The van der Waals surface area contributed by atoms with Crippen LogP contribution in [0.2, 0.25) is 0 Å². The van der Waals surface area contributed by atoms with E-state index in [0.29, 0.717) is 13.0 Å². The number of nitro groups is 1. The molecule has 1 rings (SSSR count). The van der Waals surface area contributed by atoms with Crippen LogP contribution in [0.5, 0.6) is 0 Å². The first-order chi connectivity index (χ1) is 8.47. The highest BCUT2D eigenvalue weighted by molar-refractivity contribution is 5.58. The molecule has 0 fully saturated rings. The van der Waals surface area contributed by atoms with Crippen LogP contribution in [0.1, 0.15) is 20.3 Å². The second kappa shape index (κ2) is 6.10. The molecule has 0 spiro atoms. The molecule has 8 nitrogen and oxygen atoms in total. The van der Waals surface area contributed by atoms with Crippen LogP contribution in [0, 0.1) is 10.1 Å². The molecule has 1 aromatic rings. The second-order valence-corrected chi connectivity index (χ2v) is 4.06. The van der Waals surface area contributed by atoms with E-state index < -0.39 is 4.92 Å². The van der Waals surface area contributed by atoms with E-state index in [9.17, 15) is 10.1 Å². The van der Waals surface area contributed by atoms with Gasteiger partial charge in [-0.3, -0.25) is 10.1 Å². The molecule has 0 radical (unpaired) electrons. The summed E-state index contributed by atoms with van der Waals surface area (Å²) in [6.07, 6.45) is 1.60. The third kappa shape index (κ3) is 3.27. The topological polar surface area (TPSA) is 118 Å². The summed E-state index contributed by atoms with van der Waals surface area (Å²) >= 11 is 0. The van der Waals surface area contributed by atoms with Gasteiger partial charge in [-0.05, 0) is 20.3 Å². The summed E-state index contributed by atoms with van der Waals surface area (Å²) < 4.78 is 0. The maximum atomic E-state index is 10.9. The maximum absolute atomic E-state index is 10.9. The number of hydrogen-bond donors (Lipinski definition) is 2. The van der Waals surface area contributed by atoms with Gasteiger partial charge in [-0.15, -0.1) is 0 Å². The lowest BCUT2D eigenvalue weighted by Gasteiger charge is -2.27. The SMILES string of the molecule is CC(C)N(CCCO)c1nc(N)ncc1[N+](=O)[O-]. The zero-order chi connectivity index (χ0) is 13.7. The third-order valence-corrected chi connectivity index (χ3v) is 2.42. The molecule has 0 aliphatic carbocycles. The summed E-state index contributed by atoms with van der Waals surface area (Å²) in [5, 5.41) is 19.8. The standard InChI is InChI=1S/C10H17N5O3/c1-7(2)14(4-3-5-16)9-8(15(17)18)6-12-10(11)13-9/h6-7,16H,3-5H2,1-2H3,(H2,11,12,13). The van der Waals surface area contributed by atoms with Gasteiger partial charge in [-0.1, -0.05) is 0 Å². The molecule has 0 aliphatic rings. The highest BCUT2D eigenvalue weighted by atomic mass is 16.6. The fraction of sp³-hybridized carbons (Fsp3) is 0.600. The van der Waals surface area contributed by atoms with Crippen molar-refractivity contribution < 1.29 is 10.0 Å². The molecule has 18 heavy (non-hydrogen) atoms. The number of nitrogen functional groups attached to an aromatic ring is 1. The monoisotopic (exact) mass is 255 g/mol. The van der Waals surface area contributed by atoms with Crippen molar-refractivity contribution in [3.05, 3.63) is 16.3 Å². The summed E-state index contributed by atoms with van der Waals surface area (Å²) in [6.45, 7) is 4.25. The van der Waals surface area contributed by atoms with Crippen molar-refractivity contribution in [1.29, 1.82) is 0 Å². The average molecular weight is 255 g/mol. The van der Waals surface area contributed by atoms with E-state index >= 15 is 0 Å². The van der Waals surface area contributed by atoms with E-state index in [2.05, 4.69) is 9.97 Å². The van der Waals surface area contributed by atoms with Crippen LogP contribution in [-0.2, 0) is 0 Å². The van der Waals surface area contributed by atoms with Crippen LogP contribution in [0.3, 0.4) is 0 Å². The summed E-state index contributed by atoms with van der Waals surface area (Å²) in [6, 6.07) is 0.00421. The highest BCUT2D eigenvalue weighted by Crippen LogP contribution is 2.27. The van der Waals surface area contributed by atoms with Crippen LogP contribution in [-0.4, -0.2) is 39.2 Å². The molecule has 0 amide bonds. The van der Waals surface area contributed by atoms with Gasteiger partial charge in [0.2, 0.25) is 11.8 Å². The van der Waals surface area contributed by atoms with Gasteiger partial charge < -0.3 is 15.7 Å². The number of aliphatic hydroxyl groups is 1. The van der Waals surface area contributed by atoms with Gasteiger partial charge in [0.15, 0.2) is 0 Å². The number of hydrogen-bond acceptors (Lipinski definition) is 7. The molecule has 0 aliphatic heterocycles. The Morgan fingerprint density at radius 3 is 2.78 bits per heavy atom. The van der Waals surface area contributed by atoms with Gasteiger partial charge in [0.1, 0.15) is 6.20 Å². The van der Waals surface area contributed by atoms with Crippen molar-refractivity contribution in [3.63, 3.8) is 0 Å².